The van der Waals surface area contributed by atoms with E-state index in [2.05, 4.69) is 17.1 Å². The molecule has 0 aliphatic carbocycles. The summed E-state index contributed by atoms with van der Waals surface area (Å²) in [5.74, 6) is -2.27. The number of rotatable bonds is 4. The van der Waals surface area contributed by atoms with E-state index in [0.717, 1.165) is 51.0 Å². The van der Waals surface area contributed by atoms with Crippen LogP contribution in [0, 0.1) is 11.6 Å². The molecule has 0 unspecified atom stereocenters. The number of nitrogens with two attached hydrogens (primary N) is 1. The van der Waals surface area contributed by atoms with Crippen LogP contribution in [-0.4, -0.2) is 36.5 Å². The second-order valence-corrected chi connectivity index (χ2v) is 5.44. The molecule has 1 aliphatic heterocycles. The van der Waals surface area contributed by atoms with Gasteiger partial charge in [-0.05, 0) is 37.9 Å². The summed E-state index contributed by atoms with van der Waals surface area (Å²) in [6.07, 6.45) is 2.82. The highest BCUT2D eigenvalue weighted by Gasteiger charge is 2.21. The number of nitrogens with one attached hydrogen (secondary N) is 1. The molecule has 1 fully saturated rings. The van der Waals surface area contributed by atoms with E-state index in [9.17, 15) is 13.6 Å². The fourth-order valence-corrected chi connectivity index (χ4v) is 2.60. The summed E-state index contributed by atoms with van der Waals surface area (Å²) in [4.78, 5) is 14.4. The van der Waals surface area contributed by atoms with Crippen molar-refractivity contribution in [2.45, 2.75) is 32.2 Å². The number of hydrogen-bond acceptors (Lipinski definition) is 3. The Morgan fingerprint density at radius 3 is 2.43 bits per heavy atom. The molecule has 2 rings (SSSR count). The summed E-state index contributed by atoms with van der Waals surface area (Å²) < 4.78 is 26.7. The first-order valence-corrected chi connectivity index (χ1v) is 7.29. The standard InChI is InChI=1S/C15H21F2N3O/c1-2-5-20-6-3-11(4-7-20)19-15(21)10-8-12(16)14(18)13(17)9-10/h8-9,11H,2-7,18H2,1H3,(H,19,21). The monoisotopic (exact) mass is 297 g/mol. The van der Waals surface area contributed by atoms with Gasteiger partial charge in [-0.2, -0.15) is 0 Å². The molecule has 1 heterocycles. The number of amides is 1. The molecule has 1 saturated heterocycles. The Bertz CT molecular complexity index is 491. The summed E-state index contributed by atoms with van der Waals surface area (Å²) in [7, 11) is 0. The molecule has 1 aliphatic rings. The SMILES string of the molecule is CCCN1CCC(NC(=O)c2cc(F)c(N)c(F)c2)CC1. The van der Waals surface area contributed by atoms with Gasteiger partial charge in [-0.15, -0.1) is 0 Å². The number of anilines is 1. The third kappa shape index (κ3) is 3.91. The van der Waals surface area contributed by atoms with Crippen molar-refractivity contribution < 1.29 is 13.6 Å². The number of nitrogen functional groups attached to an aromatic ring is 1. The van der Waals surface area contributed by atoms with Gasteiger partial charge in [0.1, 0.15) is 17.3 Å². The summed E-state index contributed by atoms with van der Waals surface area (Å²) in [6.45, 7) is 5.07. The largest absolute Gasteiger partial charge is 0.394 e. The van der Waals surface area contributed by atoms with E-state index in [4.69, 9.17) is 5.73 Å². The van der Waals surface area contributed by atoms with Gasteiger partial charge in [-0.3, -0.25) is 4.79 Å². The third-order valence-electron chi connectivity index (χ3n) is 3.80. The molecular weight excluding hydrogens is 276 g/mol. The molecule has 0 atom stereocenters. The minimum Gasteiger partial charge on any atom is -0.394 e. The maximum Gasteiger partial charge on any atom is 0.251 e. The molecular formula is C15H21F2N3O. The van der Waals surface area contributed by atoms with E-state index in [-0.39, 0.29) is 11.6 Å². The van der Waals surface area contributed by atoms with Crippen LogP contribution in [0.5, 0.6) is 0 Å². The molecule has 0 radical (unpaired) electrons. The molecule has 4 nitrogen and oxygen atoms in total. The Morgan fingerprint density at radius 2 is 1.90 bits per heavy atom. The highest BCUT2D eigenvalue weighted by Crippen LogP contribution is 2.18. The zero-order valence-electron chi connectivity index (χ0n) is 12.2. The molecule has 0 spiro atoms. The van der Waals surface area contributed by atoms with E-state index >= 15 is 0 Å². The van der Waals surface area contributed by atoms with Crippen LogP contribution in [0.25, 0.3) is 0 Å². The van der Waals surface area contributed by atoms with Gasteiger partial charge in [0, 0.05) is 24.7 Å². The fourth-order valence-electron chi connectivity index (χ4n) is 2.60. The molecule has 0 aromatic heterocycles. The maximum absolute atomic E-state index is 13.4. The number of piperidine rings is 1. The number of nitrogens with zero attached hydrogens (tertiary/aromatic N) is 1. The molecule has 1 amide bonds. The Kier molecular flexibility index (Phi) is 5.12. The lowest BCUT2D eigenvalue weighted by atomic mass is 10.0. The Hall–Kier alpha value is -1.69. The van der Waals surface area contributed by atoms with E-state index in [1.807, 2.05) is 0 Å². The van der Waals surface area contributed by atoms with Crippen LogP contribution < -0.4 is 11.1 Å². The number of carbonyl (C=O) groups is 1. The first kappa shape index (κ1) is 15.7. The lowest BCUT2D eigenvalue weighted by Gasteiger charge is -2.32. The zero-order valence-corrected chi connectivity index (χ0v) is 12.2. The summed E-state index contributed by atoms with van der Waals surface area (Å²) >= 11 is 0. The predicted octanol–water partition coefficient (Wildman–Crippen LogP) is 2.15. The number of benzene rings is 1. The summed E-state index contributed by atoms with van der Waals surface area (Å²) in [6, 6.07) is 1.99. The number of carbonyl (C=O) groups excluding carboxylic acids is 1. The van der Waals surface area contributed by atoms with E-state index in [1.54, 1.807) is 0 Å². The van der Waals surface area contributed by atoms with Crippen molar-refractivity contribution in [3.8, 4) is 0 Å². The van der Waals surface area contributed by atoms with Crippen LogP contribution >= 0.6 is 0 Å². The number of hydrogen-bond donors (Lipinski definition) is 2. The maximum atomic E-state index is 13.4. The average molecular weight is 297 g/mol. The van der Waals surface area contributed by atoms with Crippen molar-refractivity contribution >= 4 is 11.6 Å². The van der Waals surface area contributed by atoms with Crippen LogP contribution in [0.15, 0.2) is 12.1 Å². The van der Waals surface area contributed by atoms with E-state index in [1.165, 1.54) is 0 Å². The second kappa shape index (κ2) is 6.85. The highest BCUT2D eigenvalue weighted by atomic mass is 19.1. The van der Waals surface area contributed by atoms with Gasteiger partial charge in [-0.25, -0.2) is 8.78 Å². The molecule has 0 bridgehead atoms. The van der Waals surface area contributed by atoms with Crippen LogP contribution in [-0.2, 0) is 0 Å². The minimum atomic E-state index is -0.905. The van der Waals surface area contributed by atoms with Crippen molar-refractivity contribution in [2.24, 2.45) is 0 Å². The van der Waals surface area contributed by atoms with Crippen LogP contribution in [0.1, 0.15) is 36.5 Å². The summed E-state index contributed by atoms with van der Waals surface area (Å²) in [5.41, 5.74) is 4.60. The van der Waals surface area contributed by atoms with Crippen molar-refractivity contribution in [3.63, 3.8) is 0 Å². The van der Waals surface area contributed by atoms with Gasteiger partial charge in [0.25, 0.3) is 5.91 Å². The minimum absolute atomic E-state index is 0.0322. The quantitative estimate of drug-likeness (QED) is 0.837. The van der Waals surface area contributed by atoms with Crippen molar-refractivity contribution in [1.29, 1.82) is 0 Å². The van der Waals surface area contributed by atoms with Crippen LogP contribution in [0.2, 0.25) is 0 Å². The van der Waals surface area contributed by atoms with Gasteiger partial charge in [0.15, 0.2) is 0 Å². The average Bonchev–Trinajstić information content (AvgIpc) is 2.46. The molecule has 116 valence electrons. The second-order valence-electron chi connectivity index (χ2n) is 5.44. The van der Waals surface area contributed by atoms with Gasteiger partial charge in [0.05, 0.1) is 0 Å². The van der Waals surface area contributed by atoms with E-state index < -0.39 is 23.2 Å². The Balaban J connectivity index is 1.93. The first-order valence-electron chi connectivity index (χ1n) is 7.29. The molecule has 1 aromatic rings. The van der Waals surface area contributed by atoms with Gasteiger partial charge >= 0.3 is 0 Å². The van der Waals surface area contributed by atoms with Crippen molar-refractivity contribution in [3.05, 3.63) is 29.3 Å². The van der Waals surface area contributed by atoms with Gasteiger partial charge < -0.3 is 16.0 Å². The molecule has 3 N–H and O–H groups in total. The Labute approximate surface area is 123 Å². The highest BCUT2D eigenvalue weighted by molar-refractivity contribution is 5.94. The lowest BCUT2D eigenvalue weighted by molar-refractivity contribution is 0.0910. The topological polar surface area (TPSA) is 58.4 Å². The summed E-state index contributed by atoms with van der Waals surface area (Å²) in [5, 5.41) is 2.83. The fraction of sp³-hybridized carbons (Fsp3) is 0.533. The van der Waals surface area contributed by atoms with Crippen molar-refractivity contribution in [2.75, 3.05) is 25.4 Å². The normalized spacial score (nSPS) is 16.9. The third-order valence-corrected chi connectivity index (χ3v) is 3.80. The molecule has 21 heavy (non-hydrogen) atoms. The lowest BCUT2D eigenvalue weighted by Crippen LogP contribution is -2.44. The van der Waals surface area contributed by atoms with Crippen LogP contribution in [0.4, 0.5) is 14.5 Å². The smallest absolute Gasteiger partial charge is 0.251 e. The zero-order chi connectivity index (χ0) is 15.4. The van der Waals surface area contributed by atoms with Crippen molar-refractivity contribution in [1.82, 2.24) is 10.2 Å². The van der Waals surface area contributed by atoms with Gasteiger partial charge in [-0.1, -0.05) is 6.92 Å². The van der Waals surface area contributed by atoms with E-state index in [0.29, 0.717) is 0 Å². The molecule has 0 saturated carbocycles. The molecule has 6 heteroatoms. The number of halogens is 2. The predicted molar refractivity (Wildman–Crippen MR) is 78.0 cm³/mol. The number of likely N-dealkylation sites (tertiary alicyclic amines) is 1. The van der Waals surface area contributed by atoms with Gasteiger partial charge in [0.2, 0.25) is 0 Å². The molecule has 1 aromatic carbocycles. The Morgan fingerprint density at radius 1 is 1.33 bits per heavy atom. The van der Waals surface area contributed by atoms with Crippen LogP contribution in [0.3, 0.4) is 0 Å². The first-order chi connectivity index (χ1) is 10.0.